The van der Waals surface area contributed by atoms with Crippen LogP contribution in [0.5, 0.6) is 0 Å². The van der Waals surface area contributed by atoms with E-state index in [-0.39, 0.29) is 5.56 Å². The van der Waals surface area contributed by atoms with E-state index < -0.39 is 0 Å². The lowest BCUT2D eigenvalue weighted by molar-refractivity contribution is 0.393. The van der Waals surface area contributed by atoms with Gasteiger partial charge in [-0.1, -0.05) is 41.6 Å². The van der Waals surface area contributed by atoms with E-state index in [0.29, 0.717) is 6.54 Å². The number of aryl methyl sites for hydroxylation is 2. The van der Waals surface area contributed by atoms with E-state index in [4.69, 9.17) is 4.52 Å². The van der Waals surface area contributed by atoms with Crippen LogP contribution in [-0.4, -0.2) is 14.7 Å². The second kappa shape index (κ2) is 6.02. The number of rotatable bonds is 3. The van der Waals surface area contributed by atoms with Crippen molar-refractivity contribution in [3.05, 3.63) is 82.1 Å². The van der Waals surface area contributed by atoms with Crippen LogP contribution in [0, 0.1) is 13.8 Å². The number of nitrogens with zero attached hydrogens (tertiary/aromatic N) is 3. The molecule has 4 rings (SSSR count). The highest BCUT2D eigenvalue weighted by Crippen LogP contribution is 2.28. The van der Waals surface area contributed by atoms with Crippen LogP contribution in [-0.2, 0) is 6.54 Å². The van der Waals surface area contributed by atoms with Crippen LogP contribution in [0.4, 0.5) is 0 Å². The van der Waals surface area contributed by atoms with Gasteiger partial charge in [0.25, 0.3) is 5.56 Å². The van der Waals surface area contributed by atoms with Gasteiger partial charge in [-0.15, -0.1) is 0 Å². The molecule has 0 aliphatic rings. The Kier molecular flexibility index (Phi) is 3.69. The van der Waals surface area contributed by atoms with Crippen LogP contribution < -0.4 is 5.56 Å². The van der Waals surface area contributed by atoms with Gasteiger partial charge in [-0.25, -0.2) is 4.98 Å². The van der Waals surface area contributed by atoms with E-state index in [1.807, 2.05) is 62.4 Å². The normalized spacial score (nSPS) is 11.1. The van der Waals surface area contributed by atoms with Crippen molar-refractivity contribution in [1.29, 1.82) is 0 Å². The summed E-state index contributed by atoms with van der Waals surface area (Å²) in [7, 11) is 0. The quantitative estimate of drug-likeness (QED) is 0.574. The summed E-state index contributed by atoms with van der Waals surface area (Å²) in [6, 6.07) is 15.8. The van der Waals surface area contributed by atoms with Crippen LogP contribution >= 0.6 is 0 Å². The van der Waals surface area contributed by atoms with Crippen molar-refractivity contribution < 1.29 is 4.52 Å². The van der Waals surface area contributed by atoms with Crippen molar-refractivity contribution in [2.45, 2.75) is 20.4 Å². The standard InChI is InChI=1S/C20H17N3O2/c1-13-20(14(2)25-22-13)16-8-9-17-18(10-16)23(19(24)11-21-17)12-15-6-4-3-5-7-15/h3-11H,12H2,1-2H3. The lowest BCUT2D eigenvalue weighted by atomic mass is 10.0. The fourth-order valence-electron chi connectivity index (χ4n) is 3.14. The zero-order valence-corrected chi connectivity index (χ0v) is 14.1. The average molecular weight is 331 g/mol. The fourth-order valence-corrected chi connectivity index (χ4v) is 3.14. The molecule has 0 radical (unpaired) electrons. The second-order valence-electron chi connectivity index (χ2n) is 6.07. The molecule has 0 bridgehead atoms. The van der Waals surface area contributed by atoms with E-state index in [0.717, 1.165) is 39.2 Å². The van der Waals surface area contributed by atoms with Gasteiger partial charge >= 0.3 is 0 Å². The minimum absolute atomic E-state index is 0.118. The predicted octanol–water partition coefficient (Wildman–Crippen LogP) is 3.72. The Morgan fingerprint density at radius 2 is 1.88 bits per heavy atom. The summed E-state index contributed by atoms with van der Waals surface area (Å²) >= 11 is 0. The molecule has 0 atom stereocenters. The lowest BCUT2D eigenvalue weighted by Crippen LogP contribution is -2.21. The first-order valence-electron chi connectivity index (χ1n) is 8.10. The topological polar surface area (TPSA) is 60.9 Å². The SMILES string of the molecule is Cc1noc(C)c1-c1ccc2ncc(=O)n(Cc3ccccc3)c2c1. The molecule has 124 valence electrons. The van der Waals surface area contributed by atoms with Crippen molar-refractivity contribution in [1.82, 2.24) is 14.7 Å². The van der Waals surface area contributed by atoms with Crippen molar-refractivity contribution >= 4 is 11.0 Å². The summed E-state index contributed by atoms with van der Waals surface area (Å²) in [6.07, 6.45) is 1.38. The number of hydrogen-bond donors (Lipinski definition) is 0. The molecule has 5 heteroatoms. The molecule has 0 N–H and O–H groups in total. The smallest absolute Gasteiger partial charge is 0.269 e. The molecule has 25 heavy (non-hydrogen) atoms. The highest BCUT2D eigenvalue weighted by molar-refractivity contribution is 5.82. The monoisotopic (exact) mass is 331 g/mol. The molecular formula is C20H17N3O2. The fraction of sp³-hybridized carbons (Fsp3) is 0.150. The number of fused-ring (bicyclic) bond motifs is 1. The summed E-state index contributed by atoms with van der Waals surface area (Å²) < 4.78 is 7.03. The maximum atomic E-state index is 12.4. The Balaban J connectivity index is 1.91. The van der Waals surface area contributed by atoms with E-state index in [1.54, 1.807) is 4.57 Å². The average Bonchev–Trinajstić information content (AvgIpc) is 2.96. The van der Waals surface area contributed by atoms with Crippen LogP contribution in [0.2, 0.25) is 0 Å². The first kappa shape index (κ1) is 15.3. The molecule has 2 aromatic carbocycles. The first-order chi connectivity index (χ1) is 12.1. The largest absolute Gasteiger partial charge is 0.361 e. The molecule has 4 aromatic rings. The summed E-state index contributed by atoms with van der Waals surface area (Å²) in [5, 5.41) is 4.02. The number of aromatic nitrogens is 3. The van der Waals surface area contributed by atoms with E-state index in [1.165, 1.54) is 6.20 Å². The maximum absolute atomic E-state index is 12.4. The van der Waals surface area contributed by atoms with Crippen molar-refractivity contribution in [3.63, 3.8) is 0 Å². The minimum Gasteiger partial charge on any atom is -0.361 e. The van der Waals surface area contributed by atoms with Crippen LogP contribution in [0.15, 0.2) is 64.0 Å². The predicted molar refractivity (Wildman–Crippen MR) is 96.5 cm³/mol. The third-order valence-corrected chi connectivity index (χ3v) is 4.35. The Bertz CT molecular complexity index is 1090. The maximum Gasteiger partial charge on any atom is 0.269 e. The minimum atomic E-state index is -0.118. The van der Waals surface area contributed by atoms with E-state index in [9.17, 15) is 4.79 Å². The van der Waals surface area contributed by atoms with E-state index >= 15 is 0 Å². The molecule has 0 aliphatic heterocycles. The molecule has 2 heterocycles. The second-order valence-corrected chi connectivity index (χ2v) is 6.07. The molecule has 0 amide bonds. The number of hydrogen-bond acceptors (Lipinski definition) is 4. The van der Waals surface area contributed by atoms with Gasteiger partial charge in [0.15, 0.2) is 0 Å². The highest BCUT2D eigenvalue weighted by atomic mass is 16.5. The van der Waals surface area contributed by atoms with Gasteiger partial charge in [0.2, 0.25) is 0 Å². The van der Waals surface area contributed by atoms with Gasteiger partial charge in [-0.3, -0.25) is 4.79 Å². The molecule has 0 saturated carbocycles. The molecule has 0 spiro atoms. The van der Waals surface area contributed by atoms with Crippen LogP contribution in [0.1, 0.15) is 17.0 Å². The molecule has 0 unspecified atom stereocenters. The van der Waals surface area contributed by atoms with Crippen LogP contribution in [0.3, 0.4) is 0 Å². The summed E-state index contributed by atoms with van der Waals surface area (Å²) in [5.41, 5.74) is 5.30. The summed E-state index contributed by atoms with van der Waals surface area (Å²) in [6.45, 7) is 4.31. The zero-order valence-electron chi connectivity index (χ0n) is 14.1. The summed E-state index contributed by atoms with van der Waals surface area (Å²) in [5.74, 6) is 0.762. The van der Waals surface area contributed by atoms with Crippen molar-refractivity contribution in [2.24, 2.45) is 0 Å². The molecule has 2 aromatic heterocycles. The van der Waals surface area contributed by atoms with Gasteiger partial charge < -0.3 is 9.09 Å². The molecule has 5 nitrogen and oxygen atoms in total. The van der Waals surface area contributed by atoms with Crippen LogP contribution in [0.25, 0.3) is 22.2 Å². The van der Waals surface area contributed by atoms with E-state index in [2.05, 4.69) is 10.1 Å². The van der Waals surface area contributed by atoms with Gasteiger partial charge in [0, 0.05) is 5.56 Å². The Labute approximate surface area is 144 Å². The highest BCUT2D eigenvalue weighted by Gasteiger charge is 2.13. The lowest BCUT2D eigenvalue weighted by Gasteiger charge is -2.11. The Morgan fingerprint density at radius 3 is 2.60 bits per heavy atom. The van der Waals surface area contributed by atoms with Gasteiger partial charge in [-0.05, 0) is 37.1 Å². The van der Waals surface area contributed by atoms with Gasteiger partial charge in [-0.2, -0.15) is 0 Å². The van der Waals surface area contributed by atoms with Gasteiger partial charge in [0.05, 0.1) is 29.5 Å². The molecule has 0 aliphatic carbocycles. The third kappa shape index (κ3) is 2.74. The zero-order chi connectivity index (χ0) is 17.4. The Morgan fingerprint density at radius 1 is 1.08 bits per heavy atom. The molecular weight excluding hydrogens is 314 g/mol. The first-order valence-corrected chi connectivity index (χ1v) is 8.10. The molecule has 0 fully saturated rings. The third-order valence-electron chi connectivity index (χ3n) is 4.35. The molecule has 0 saturated heterocycles. The van der Waals surface area contributed by atoms with Gasteiger partial charge in [0.1, 0.15) is 5.76 Å². The van der Waals surface area contributed by atoms with Crippen molar-refractivity contribution in [3.8, 4) is 11.1 Å². The number of benzene rings is 2. The summed E-state index contributed by atoms with van der Waals surface area (Å²) in [4.78, 5) is 16.7. The Hall–Kier alpha value is -3.21. The van der Waals surface area contributed by atoms with Crippen molar-refractivity contribution in [2.75, 3.05) is 0 Å².